The van der Waals surface area contributed by atoms with Gasteiger partial charge in [0.1, 0.15) is 5.75 Å². The molecular weight excluding hydrogens is 390 g/mol. The van der Waals surface area contributed by atoms with E-state index in [1.807, 2.05) is 24.3 Å². The topological polar surface area (TPSA) is 72.5 Å². The molecule has 0 aromatic heterocycles. The van der Waals surface area contributed by atoms with E-state index >= 15 is 0 Å². The van der Waals surface area contributed by atoms with Gasteiger partial charge in [0, 0.05) is 16.7 Å². The molecule has 0 radical (unpaired) electrons. The third-order valence-corrected chi connectivity index (χ3v) is 5.51. The molecule has 5 heteroatoms. The normalized spacial score (nSPS) is 12.3. The Balaban J connectivity index is 1.58. The fraction of sp³-hybridized carbons (Fsp3) is 0.0385. The molecule has 1 aliphatic rings. The van der Waals surface area contributed by atoms with Crippen molar-refractivity contribution in [3.8, 4) is 5.75 Å². The molecule has 0 aliphatic heterocycles. The smallest absolute Gasteiger partial charge is 0.259 e. The number of anilines is 1. The Hall–Kier alpha value is -4.25. The van der Waals surface area contributed by atoms with Gasteiger partial charge in [-0.15, -0.1) is 0 Å². The molecule has 0 fully saturated rings. The molecule has 150 valence electrons. The van der Waals surface area contributed by atoms with E-state index in [1.165, 1.54) is 7.11 Å². The molecule has 4 aromatic carbocycles. The highest BCUT2D eigenvalue weighted by Crippen LogP contribution is 2.33. The van der Waals surface area contributed by atoms with E-state index in [0.717, 1.165) is 10.8 Å². The van der Waals surface area contributed by atoms with Gasteiger partial charge >= 0.3 is 0 Å². The lowest BCUT2D eigenvalue weighted by atomic mass is 9.83. The van der Waals surface area contributed by atoms with Gasteiger partial charge < -0.3 is 10.1 Å². The maximum absolute atomic E-state index is 13.2. The number of benzene rings is 4. The summed E-state index contributed by atoms with van der Waals surface area (Å²) in [5, 5.41) is 4.66. The van der Waals surface area contributed by atoms with Gasteiger partial charge in [-0.05, 0) is 29.0 Å². The van der Waals surface area contributed by atoms with Gasteiger partial charge in [-0.1, -0.05) is 60.7 Å². The molecule has 31 heavy (non-hydrogen) atoms. The van der Waals surface area contributed by atoms with Gasteiger partial charge in [0.25, 0.3) is 5.91 Å². The monoisotopic (exact) mass is 407 g/mol. The molecule has 0 unspecified atom stereocenters. The lowest BCUT2D eigenvalue weighted by Crippen LogP contribution is -2.24. The fourth-order valence-corrected chi connectivity index (χ4v) is 4.00. The molecule has 0 heterocycles. The first kappa shape index (κ1) is 18.8. The summed E-state index contributed by atoms with van der Waals surface area (Å²) >= 11 is 0. The zero-order valence-corrected chi connectivity index (χ0v) is 16.6. The summed E-state index contributed by atoms with van der Waals surface area (Å²) in [6.45, 7) is 0. The van der Waals surface area contributed by atoms with E-state index in [1.54, 1.807) is 54.6 Å². The van der Waals surface area contributed by atoms with Crippen LogP contribution in [0.1, 0.15) is 42.2 Å². The van der Waals surface area contributed by atoms with Gasteiger partial charge in [-0.25, -0.2) is 0 Å². The lowest BCUT2D eigenvalue weighted by Gasteiger charge is -2.20. The Morgan fingerprint density at radius 1 is 0.742 bits per heavy atom. The second-order valence-corrected chi connectivity index (χ2v) is 7.29. The number of hydrogen-bond donors (Lipinski definition) is 1. The Morgan fingerprint density at radius 2 is 1.35 bits per heavy atom. The molecule has 0 atom stereocenters. The van der Waals surface area contributed by atoms with Crippen molar-refractivity contribution in [3.63, 3.8) is 0 Å². The van der Waals surface area contributed by atoms with Crippen molar-refractivity contribution in [2.24, 2.45) is 0 Å². The second-order valence-electron chi connectivity index (χ2n) is 7.29. The molecule has 1 aliphatic carbocycles. The highest BCUT2D eigenvalue weighted by atomic mass is 16.5. The summed E-state index contributed by atoms with van der Waals surface area (Å²) in [5.74, 6) is -0.514. The summed E-state index contributed by atoms with van der Waals surface area (Å²) in [6.07, 6.45) is 0. The largest absolute Gasteiger partial charge is 0.496 e. The molecule has 1 N–H and O–H groups in total. The number of carbonyl (C=O) groups excluding carboxylic acids is 3. The Bertz CT molecular complexity index is 1400. The van der Waals surface area contributed by atoms with Crippen molar-refractivity contribution in [1.29, 1.82) is 0 Å². The average Bonchev–Trinajstić information content (AvgIpc) is 2.81. The molecular formula is C26H17NO4. The van der Waals surface area contributed by atoms with Crippen molar-refractivity contribution in [2.75, 3.05) is 12.4 Å². The van der Waals surface area contributed by atoms with E-state index in [9.17, 15) is 14.4 Å². The van der Waals surface area contributed by atoms with Crippen LogP contribution >= 0.6 is 0 Å². The maximum Gasteiger partial charge on any atom is 0.259 e. The molecule has 1 amide bonds. The predicted molar refractivity (Wildman–Crippen MR) is 118 cm³/mol. The van der Waals surface area contributed by atoms with Crippen LogP contribution < -0.4 is 10.1 Å². The van der Waals surface area contributed by atoms with Gasteiger partial charge in [0.15, 0.2) is 11.6 Å². The van der Waals surface area contributed by atoms with E-state index in [-0.39, 0.29) is 22.7 Å². The van der Waals surface area contributed by atoms with Crippen molar-refractivity contribution in [2.45, 2.75) is 0 Å². The van der Waals surface area contributed by atoms with Crippen LogP contribution in [0.2, 0.25) is 0 Å². The molecule has 5 nitrogen and oxygen atoms in total. The average molecular weight is 407 g/mol. The van der Waals surface area contributed by atoms with E-state index in [2.05, 4.69) is 5.32 Å². The number of hydrogen-bond acceptors (Lipinski definition) is 4. The summed E-state index contributed by atoms with van der Waals surface area (Å²) in [6, 6.07) is 22.8. The molecule has 0 saturated carbocycles. The number of nitrogens with one attached hydrogen (secondary N) is 1. The minimum atomic E-state index is -0.421. The van der Waals surface area contributed by atoms with Crippen LogP contribution in [-0.4, -0.2) is 24.6 Å². The van der Waals surface area contributed by atoms with Crippen molar-refractivity contribution in [1.82, 2.24) is 0 Å². The molecule has 5 rings (SSSR count). The fourth-order valence-electron chi connectivity index (χ4n) is 4.00. The Labute approximate surface area is 178 Å². The number of fused-ring (bicyclic) bond motifs is 3. The maximum atomic E-state index is 13.2. The SMILES string of the molecule is COc1cc2ccccc2cc1C(=O)Nc1cccc2c1C(=O)c1ccccc1C2=O. The summed E-state index contributed by atoms with van der Waals surface area (Å²) in [4.78, 5) is 39.3. The Morgan fingerprint density at radius 3 is 2.06 bits per heavy atom. The highest BCUT2D eigenvalue weighted by Gasteiger charge is 2.31. The molecule has 0 spiro atoms. The van der Waals surface area contributed by atoms with Crippen molar-refractivity contribution < 1.29 is 19.1 Å². The number of ether oxygens (including phenoxy) is 1. The van der Waals surface area contributed by atoms with Crippen LogP contribution in [0.15, 0.2) is 78.9 Å². The van der Waals surface area contributed by atoms with Crippen molar-refractivity contribution in [3.05, 3.63) is 107 Å². The van der Waals surface area contributed by atoms with Crippen LogP contribution in [0.5, 0.6) is 5.75 Å². The Kier molecular flexibility index (Phi) is 4.37. The first-order valence-corrected chi connectivity index (χ1v) is 9.78. The number of rotatable bonds is 3. The minimum Gasteiger partial charge on any atom is -0.496 e. The van der Waals surface area contributed by atoms with E-state index in [0.29, 0.717) is 28.1 Å². The van der Waals surface area contributed by atoms with Crippen LogP contribution in [0.25, 0.3) is 10.8 Å². The summed E-state index contributed by atoms with van der Waals surface area (Å²) < 4.78 is 5.43. The number of ketones is 2. The zero-order valence-electron chi connectivity index (χ0n) is 16.6. The zero-order chi connectivity index (χ0) is 21.5. The number of methoxy groups -OCH3 is 1. The van der Waals surface area contributed by atoms with Crippen LogP contribution in [0.3, 0.4) is 0 Å². The van der Waals surface area contributed by atoms with Crippen LogP contribution in [0.4, 0.5) is 5.69 Å². The van der Waals surface area contributed by atoms with Crippen LogP contribution in [0, 0.1) is 0 Å². The summed E-state index contributed by atoms with van der Waals surface area (Å²) in [5.41, 5.74) is 1.84. The minimum absolute atomic E-state index is 0.208. The third-order valence-electron chi connectivity index (χ3n) is 5.51. The summed E-state index contributed by atoms with van der Waals surface area (Å²) in [7, 11) is 1.50. The lowest BCUT2D eigenvalue weighted by molar-refractivity contribution is 0.0978. The van der Waals surface area contributed by atoms with Gasteiger partial charge in [0.05, 0.1) is 23.9 Å². The molecule has 0 bridgehead atoms. The number of amides is 1. The molecule has 4 aromatic rings. The predicted octanol–water partition coefficient (Wildman–Crippen LogP) is 4.88. The van der Waals surface area contributed by atoms with Crippen molar-refractivity contribution >= 4 is 33.9 Å². The van der Waals surface area contributed by atoms with Gasteiger partial charge in [0.2, 0.25) is 0 Å². The van der Waals surface area contributed by atoms with E-state index in [4.69, 9.17) is 4.74 Å². The van der Waals surface area contributed by atoms with Gasteiger partial charge in [-0.2, -0.15) is 0 Å². The quantitative estimate of drug-likeness (QED) is 0.463. The number of carbonyl (C=O) groups is 3. The molecule has 0 saturated heterocycles. The second kappa shape index (κ2) is 7.22. The van der Waals surface area contributed by atoms with Crippen LogP contribution in [-0.2, 0) is 0 Å². The first-order valence-electron chi connectivity index (χ1n) is 9.78. The highest BCUT2D eigenvalue weighted by molar-refractivity contribution is 6.30. The first-order chi connectivity index (χ1) is 15.1. The van der Waals surface area contributed by atoms with Gasteiger partial charge in [-0.3, -0.25) is 14.4 Å². The third kappa shape index (κ3) is 2.99. The standard InChI is InChI=1S/C26H17NO4/c1-31-22-14-16-8-3-2-7-15(16)13-20(22)26(30)27-21-12-6-11-19-23(21)25(29)18-10-5-4-9-17(18)24(19)28/h2-14H,1H3,(H,27,30). The van der Waals surface area contributed by atoms with E-state index < -0.39 is 5.91 Å².